The first kappa shape index (κ1) is 15.5. The summed E-state index contributed by atoms with van der Waals surface area (Å²) in [7, 11) is 0. The van der Waals surface area contributed by atoms with Crippen molar-refractivity contribution < 1.29 is 19.4 Å². The molecule has 2 unspecified atom stereocenters. The molecule has 114 valence electrons. The van der Waals surface area contributed by atoms with Crippen molar-refractivity contribution in [3.05, 3.63) is 35.4 Å². The number of aliphatic carboxylic acids is 1. The summed E-state index contributed by atoms with van der Waals surface area (Å²) in [4.78, 5) is 22.8. The number of hydrogen-bond acceptors (Lipinski definition) is 3. The third-order valence-electron chi connectivity index (χ3n) is 3.71. The van der Waals surface area contributed by atoms with Gasteiger partial charge >= 0.3 is 5.97 Å². The Morgan fingerprint density at radius 1 is 1.29 bits per heavy atom. The van der Waals surface area contributed by atoms with E-state index in [0.29, 0.717) is 30.9 Å². The first-order valence-corrected chi connectivity index (χ1v) is 7.23. The van der Waals surface area contributed by atoms with Crippen LogP contribution in [0, 0.1) is 0 Å². The van der Waals surface area contributed by atoms with Crippen LogP contribution in [0.25, 0.3) is 0 Å². The van der Waals surface area contributed by atoms with Crippen molar-refractivity contribution in [1.29, 1.82) is 0 Å². The Labute approximate surface area is 124 Å². The van der Waals surface area contributed by atoms with Crippen LogP contribution in [-0.4, -0.2) is 35.7 Å². The largest absolute Gasteiger partial charge is 0.479 e. The van der Waals surface area contributed by atoms with Gasteiger partial charge in [0.25, 0.3) is 5.91 Å². The van der Waals surface area contributed by atoms with E-state index in [9.17, 15) is 9.59 Å². The van der Waals surface area contributed by atoms with E-state index in [0.717, 1.165) is 0 Å². The van der Waals surface area contributed by atoms with Crippen molar-refractivity contribution in [2.75, 3.05) is 6.54 Å². The Hall–Kier alpha value is -1.88. The fourth-order valence-electron chi connectivity index (χ4n) is 2.37. The third-order valence-corrected chi connectivity index (χ3v) is 3.71. The lowest BCUT2D eigenvalue weighted by Gasteiger charge is -2.12. The average molecular weight is 291 g/mol. The highest BCUT2D eigenvalue weighted by molar-refractivity contribution is 5.94. The van der Waals surface area contributed by atoms with Gasteiger partial charge in [-0.15, -0.1) is 0 Å². The number of benzene rings is 1. The lowest BCUT2D eigenvalue weighted by atomic mass is 10.0. The zero-order chi connectivity index (χ0) is 15.4. The molecule has 1 heterocycles. The fraction of sp³-hybridized carbons (Fsp3) is 0.500. The van der Waals surface area contributed by atoms with Gasteiger partial charge in [-0.1, -0.05) is 26.0 Å². The Morgan fingerprint density at radius 2 is 1.95 bits per heavy atom. The van der Waals surface area contributed by atoms with Gasteiger partial charge in [-0.2, -0.15) is 0 Å². The van der Waals surface area contributed by atoms with Crippen LogP contribution in [0.2, 0.25) is 0 Å². The third kappa shape index (κ3) is 4.04. The van der Waals surface area contributed by atoms with Gasteiger partial charge in [-0.3, -0.25) is 4.79 Å². The molecule has 1 aromatic carbocycles. The number of ether oxygens (including phenoxy) is 1. The van der Waals surface area contributed by atoms with Crippen molar-refractivity contribution >= 4 is 11.9 Å². The summed E-state index contributed by atoms with van der Waals surface area (Å²) < 4.78 is 5.35. The van der Waals surface area contributed by atoms with Gasteiger partial charge in [-0.05, 0) is 36.5 Å². The van der Waals surface area contributed by atoms with E-state index in [4.69, 9.17) is 9.84 Å². The molecule has 1 amide bonds. The Kier molecular flexibility index (Phi) is 4.96. The molecule has 1 fully saturated rings. The predicted octanol–water partition coefficient (Wildman–Crippen LogP) is 2.17. The highest BCUT2D eigenvalue weighted by Gasteiger charge is 2.30. The van der Waals surface area contributed by atoms with E-state index in [2.05, 4.69) is 19.2 Å². The molecular weight excluding hydrogens is 270 g/mol. The molecule has 2 rings (SSSR count). The summed E-state index contributed by atoms with van der Waals surface area (Å²) in [6, 6.07) is 7.51. The molecule has 1 saturated heterocycles. The van der Waals surface area contributed by atoms with E-state index < -0.39 is 12.1 Å². The molecule has 5 heteroatoms. The average Bonchev–Trinajstić information content (AvgIpc) is 2.94. The van der Waals surface area contributed by atoms with Gasteiger partial charge in [0.15, 0.2) is 6.10 Å². The molecule has 1 aliphatic heterocycles. The lowest BCUT2D eigenvalue weighted by Crippen LogP contribution is -2.33. The summed E-state index contributed by atoms with van der Waals surface area (Å²) >= 11 is 0. The second-order valence-corrected chi connectivity index (χ2v) is 5.65. The summed E-state index contributed by atoms with van der Waals surface area (Å²) in [5.41, 5.74) is 1.79. The quantitative estimate of drug-likeness (QED) is 0.871. The van der Waals surface area contributed by atoms with Gasteiger partial charge in [-0.25, -0.2) is 4.79 Å². The van der Waals surface area contributed by atoms with Crippen LogP contribution < -0.4 is 5.32 Å². The number of carbonyl (C=O) groups excluding carboxylic acids is 1. The first-order valence-electron chi connectivity index (χ1n) is 7.23. The van der Waals surface area contributed by atoms with Crippen molar-refractivity contribution in [3.63, 3.8) is 0 Å². The van der Waals surface area contributed by atoms with E-state index in [-0.39, 0.29) is 12.0 Å². The minimum absolute atomic E-state index is 0.160. The number of nitrogens with one attached hydrogen (secondary N) is 1. The maximum absolute atomic E-state index is 12.0. The van der Waals surface area contributed by atoms with Crippen LogP contribution in [0.1, 0.15) is 48.5 Å². The predicted molar refractivity (Wildman–Crippen MR) is 78.4 cm³/mol. The van der Waals surface area contributed by atoms with Crippen LogP contribution in [0.15, 0.2) is 24.3 Å². The lowest BCUT2D eigenvalue weighted by molar-refractivity contribution is -0.149. The number of carboxylic acids is 1. The highest BCUT2D eigenvalue weighted by Crippen LogP contribution is 2.19. The van der Waals surface area contributed by atoms with Crippen molar-refractivity contribution in [3.8, 4) is 0 Å². The molecule has 0 aliphatic carbocycles. The number of rotatable bonds is 5. The molecule has 0 saturated carbocycles. The number of carbonyl (C=O) groups is 2. The van der Waals surface area contributed by atoms with Crippen LogP contribution in [0.5, 0.6) is 0 Å². The molecule has 0 bridgehead atoms. The standard InChI is InChI=1S/C16H21NO4/c1-10(2)11-3-5-12(6-4-11)15(18)17-9-13-7-8-14(21-13)16(19)20/h3-6,10,13-14H,7-9H2,1-2H3,(H,17,18)(H,19,20). The number of hydrogen-bond donors (Lipinski definition) is 2. The molecule has 21 heavy (non-hydrogen) atoms. The molecule has 5 nitrogen and oxygen atoms in total. The minimum Gasteiger partial charge on any atom is -0.479 e. The minimum atomic E-state index is -0.937. The second-order valence-electron chi connectivity index (χ2n) is 5.65. The van der Waals surface area contributed by atoms with Crippen molar-refractivity contribution in [1.82, 2.24) is 5.32 Å². The maximum atomic E-state index is 12.0. The maximum Gasteiger partial charge on any atom is 0.332 e. The number of amides is 1. The Bertz CT molecular complexity index is 510. The van der Waals surface area contributed by atoms with Crippen molar-refractivity contribution in [2.45, 2.75) is 44.8 Å². The second kappa shape index (κ2) is 6.72. The van der Waals surface area contributed by atoms with E-state index in [1.165, 1.54) is 5.56 Å². The normalized spacial score (nSPS) is 21.5. The molecule has 2 atom stereocenters. The van der Waals surface area contributed by atoms with Gasteiger partial charge in [0, 0.05) is 12.1 Å². The topological polar surface area (TPSA) is 75.6 Å². The molecule has 0 aromatic heterocycles. The molecule has 1 aromatic rings. The Balaban J connectivity index is 1.83. The molecule has 1 aliphatic rings. The summed E-state index contributed by atoms with van der Waals surface area (Å²) in [6.45, 7) is 4.55. The van der Waals surface area contributed by atoms with Gasteiger partial charge < -0.3 is 15.2 Å². The molecular formula is C16H21NO4. The molecule has 0 spiro atoms. The Morgan fingerprint density at radius 3 is 2.48 bits per heavy atom. The number of carboxylic acid groups (broad SMARTS) is 1. The summed E-state index contributed by atoms with van der Waals surface area (Å²) in [5.74, 6) is -0.664. The van der Waals surface area contributed by atoms with Crippen LogP contribution >= 0.6 is 0 Å². The monoisotopic (exact) mass is 291 g/mol. The van der Waals surface area contributed by atoms with E-state index in [1.807, 2.05) is 12.1 Å². The molecule has 2 N–H and O–H groups in total. The smallest absolute Gasteiger partial charge is 0.332 e. The van der Waals surface area contributed by atoms with Gasteiger partial charge in [0.2, 0.25) is 0 Å². The fourth-order valence-corrected chi connectivity index (χ4v) is 2.37. The SMILES string of the molecule is CC(C)c1ccc(C(=O)NCC2CCC(C(=O)O)O2)cc1. The van der Waals surface area contributed by atoms with Gasteiger partial charge in [0.1, 0.15) is 0 Å². The van der Waals surface area contributed by atoms with E-state index >= 15 is 0 Å². The van der Waals surface area contributed by atoms with E-state index in [1.54, 1.807) is 12.1 Å². The zero-order valence-corrected chi connectivity index (χ0v) is 12.3. The molecule has 0 radical (unpaired) electrons. The highest BCUT2D eigenvalue weighted by atomic mass is 16.5. The van der Waals surface area contributed by atoms with Crippen LogP contribution in [0.3, 0.4) is 0 Å². The van der Waals surface area contributed by atoms with Crippen LogP contribution in [0.4, 0.5) is 0 Å². The zero-order valence-electron chi connectivity index (χ0n) is 12.3. The summed E-state index contributed by atoms with van der Waals surface area (Å²) in [6.07, 6.45) is 0.199. The van der Waals surface area contributed by atoms with Gasteiger partial charge in [0.05, 0.1) is 6.10 Å². The van der Waals surface area contributed by atoms with Crippen LogP contribution in [-0.2, 0) is 9.53 Å². The van der Waals surface area contributed by atoms with Crippen molar-refractivity contribution in [2.24, 2.45) is 0 Å². The first-order chi connectivity index (χ1) is 9.97. The summed E-state index contributed by atoms with van der Waals surface area (Å²) in [5, 5.41) is 11.6.